The Bertz CT molecular complexity index is 1050. The average molecular weight is 410 g/mol. The molecule has 2 aromatic carbocycles. The Morgan fingerprint density at radius 3 is 2.79 bits per heavy atom. The lowest BCUT2D eigenvalue weighted by Crippen LogP contribution is -2.17. The minimum atomic E-state index is -0.0975. The van der Waals surface area contributed by atoms with Gasteiger partial charge in [-0.2, -0.15) is 0 Å². The van der Waals surface area contributed by atoms with Gasteiger partial charge in [0.15, 0.2) is 11.5 Å². The molecule has 1 aromatic heterocycles. The largest absolute Gasteiger partial charge is 0.494 e. The number of hydrogen-bond donors (Lipinski definition) is 1. The molecule has 3 aromatic rings. The molecule has 29 heavy (non-hydrogen) atoms. The van der Waals surface area contributed by atoms with E-state index in [-0.39, 0.29) is 11.7 Å². The van der Waals surface area contributed by atoms with Crippen LogP contribution >= 0.6 is 11.8 Å². The van der Waals surface area contributed by atoms with Crippen molar-refractivity contribution in [1.29, 1.82) is 0 Å². The molecule has 1 amide bonds. The van der Waals surface area contributed by atoms with Crippen LogP contribution in [-0.4, -0.2) is 36.5 Å². The lowest BCUT2D eigenvalue weighted by Gasteiger charge is -2.19. The van der Waals surface area contributed by atoms with Crippen LogP contribution in [0.3, 0.4) is 0 Å². The number of nitrogens with one attached hydrogen (secondary N) is 1. The van der Waals surface area contributed by atoms with E-state index in [1.165, 1.54) is 11.8 Å². The molecule has 0 atom stereocenters. The Labute approximate surface area is 173 Å². The van der Waals surface area contributed by atoms with E-state index in [2.05, 4.69) is 11.4 Å². The maximum absolute atomic E-state index is 12.4. The highest BCUT2D eigenvalue weighted by atomic mass is 32.2. The smallest absolute Gasteiger partial charge is 0.234 e. The topological polar surface area (TPSA) is 69.7 Å². The van der Waals surface area contributed by atoms with E-state index < -0.39 is 0 Å². The van der Waals surface area contributed by atoms with Gasteiger partial charge in [-0.1, -0.05) is 11.8 Å². The van der Waals surface area contributed by atoms with Gasteiger partial charge in [0, 0.05) is 17.1 Å². The van der Waals surface area contributed by atoms with Crippen molar-refractivity contribution in [1.82, 2.24) is 4.98 Å². The molecule has 0 unspecified atom stereocenters. The monoisotopic (exact) mass is 410 g/mol. The van der Waals surface area contributed by atoms with E-state index >= 15 is 0 Å². The normalized spacial score (nSPS) is 12.6. The summed E-state index contributed by atoms with van der Waals surface area (Å²) in [7, 11) is 0. The Morgan fingerprint density at radius 1 is 1.14 bits per heavy atom. The van der Waals surface area contributed by atoms with Gasteiger partial charge in [0.25, 0.3) is 0 Å². The number of pyridine rings is 1. The number of rotatable bonds is 6. The molecule has 0 aliphatic carbocycles. The van der Waals surface area contributed by atoms with Crippen LogP contribution in [-0.2, 0) is 4.79 Å². The average Bonchev–Trinajstić information content (AvgIpc) is 2.72. The van der Waals surface area contributed by atoms with Crippen molar-refractivity contribution < 1.29 is 19.0 Å². The number of thioether (sulfide) groups is 1. The standard InChI is InChI=1S/C22H22N2O4S/c1-3-26-17-5-6-18-15(11-17)10-14(2)22(24-18)29-13-21(25)23-16-4-7-19-20(12-16)28-9-8-27-19/h4-7,10-12H,3,8-9,13H2,1-2H3,(H,23,25). The number of ether oxygens (including phenoxy) is 3. The second-order valence-electron chi connectivity index (χ2n) is 6.59. The fourth-order valence-electron chi connectivity index (χ4n) is 3.10. The van der Waals surface area contributed by atoms with Gasteiger partial charge in [0.2, 0.25) is 5.91 Å². The Hall–Kier alpha value is -2.93. The van der Waals surface area contributed by atoms with E-state index in [0.29, 0.717) is 37.0 Å². The first-order chi connectivity index (χ1) is 14.1. The molecule has 0 fully saturated rings. The molecule has 0 saturated heterocycles. The highest BCUT2D eigenvalue weighted by Crippen LogP contribution is 2.33. The highest BCUT2D eigenvalue weighted by molar-refractivity contribution is 8.00. The number of hydrogen-bond acceptors (Lipinski definition) is 6. The molecule has 2 heterocycles. The quantitative estimate of drug-likeness (QED) is 0.606. The first-order valence-electron chi connectivity index (χ1n) is 9.49. The third kappa shape index (κ3) is 4.56. The van der Waals surface area contributed by atoms with E-state index in [9.17, 15) is 4.79 Å². The van der Waals surface area contributed by atoms with Crippen molar-refractivity contribution in [3.63, 3.8) is 0 Å². The van der Waals surface area contributed by atoms with Crippen molar-refractivity contribution in [3.05, 3.63) is 48.0 Å². The molecule has 150 valence electrons. The number of carbonyl (C=O) groups is 1. The molecule has 7 heteroatoms. The predicted octanol–water partition coefficient (Wildman–Crippen LogP) is 4.44. The SMILES string of the molecule is CCOc1ccc2nc(SCC(=O)Nc3ccc4c(c3)OCCO4)c(C)cc2c1. The number of aryl methyl sites for hydroxylation is 1. The summed E-state index contributed by atoms with van der Waals surface area (Å²) in [5.74, 6) is 2.36. The molecular weight excluding hydrogens is 388 g/mol. The number of anilines is 1. The van der Waals surface area contributed by atoms with Crippen molar-refractivity contribution in [3.8, 4) is 17.2 Å². The summed E-state index contributed by atoms with van der Waals surface area (Å²) >= 11 is 1.42. The Morgan fingerprint density at radius 2 is 1.97 bits per heavy atom. The van der Waals surface area contributed by atoms with Gasteiger partial charge in [-0.3, -0.25) is 4.79 Å². The fourth-order valence-corrected chi connectivity index (χ4v) is 3.89. The summed E-state index contributed by atoms with van der Waals surface area (Å²) in [5, 5.41) is 4.77. The van der Waals surface area contributed by atoms with Gasteiger partial charge >= 0.3 is 0 Å². The zero-order valence-electron chi connectivity index (χ0n) is 16.4. The molecule has 0 spiro atoms. The van der Waals surface area contributed by atoms with E-state index in [1.807, 2.05) is 44.2 Å². The molecule has 0 radical (unpaired) electrons. The zero-order valence-corrected chi connectivity index (χ0v) is 17.2. The first-order valence-corrected chi connectivity index (χ1v) is 10.5. The van der Waals surface area contributed by atoms with Crippen molar-refractivity contribution in [2.45, 2.75) is 18.9 Å². The molecule has 0 bridgehead atoms. The first kappa shape index (κ1) is 19.4. The fraction of sp³-hybridized carbons (Fsp3) is 0.273. The van der Waals surface area contributed by atoms with Crippen LogP contribution in [0.4, 0.5) is 5.69 Å². The molecule has 1 aliphatic heterocycles. The summed E-state index contributed by atoms with van der Waals surface area (Å²) in [6, 6.07) is 13.3. The molecular formula is C22H22N2O4S. The number of nitrogens with zero attached hydrogens (tertiary/aromatic N) is 1. The third-order valence-electron chi connectivity index (χ3n) is 4.41. The lowest BCUT2D eigenvalue weighted by atomic mass is 10.1. The van der Waals surface area contributed by atoms with Crippen LogP contribution in [0.5, 0.6) is 17.2 Å². The van der Waals surface area contributed by atoms with Crippen LogP contribution in [0, 0.1) is 6.92 Å². The van der Waals surface area contributed by atoms with Crippen LogP contribution in [0.2, 0.25) is 0 Å². The van der Waals surface area contributed by atoms with Crippen molar-refractivity contribution in [2.24, 2.45) is 0 Å². The molecule has 1 N–H and O–H groups in total. The number of aromatic nitrogens is 1. The maximum Gasteiger partial charge on any atom is 0.234 e. The van der Waals surface area contributed by atoms with E-state index in [1.54, 1.807) is 6.07 Å². The summed E-state index contributed by atoms with van der Waals surface area (Å²) < 4.78 is 16.6. The third-order valence-corrected chi connectivity index (χ3v) is 5.50. The predicted molar refractivity (Wildman–Crippen MR) is 114 cm³/mol. The van der Waals surface area contributed by atoms with E-state index in [0.717, 1.165) is 27.2 Å². The second kappa shape index (κ2) is 8.61. The summed E-state index contributed by atoms with van der Waals surface area (Å²) in [6.45, 7) is 5.65. The van der Waals surface area contributed by atoms with Gasteiger partial charge in [0.05, 0.1) is 17.9 Å². The summed E-state index contributed by atoms with van der Waals surface area (Å²) in [4.78, 5) is 17.1. The van der Waals surface area contributed by atoms with Gasteiger partial charge in [-0.05, 0) is 55.8 Å². The Kier molecular flexibility index (Phi) is 5.76. The summed E-state index contributed by atoms with van der Waals surface area (Å²) in [5.41, 5.74) is 2.60. The number of carbonyl (C=O) groups excluding carboxylic acids is 1. The van der Waals surface area contributed by atoms with Crippen molar-refractivity contribution in [2.75, 3.05) is 30.9 Å². The Balaban J connectivity index is 1.41. The maximum atomic E-state index is 12.4. The molecule has 4 rings (SSSR count). The number of fused-ring (bicyclic) bond motifs is 2. The highest BCUT2D eigenvalue weighted by Gasteiger charge is 2.13. The van der Waals surface area contributed by atoms with Crippen LogP contribution in [0.15, 0.2) is 47.5 Å². The zero-order chi connectivity index (χ0) is 20.2. The lowest BCUT2D eigenvalue weighted by molar-refractivity contribution is -0.113. The minimum Gasteiger partial charge on any atom is -0.494 e. The van der Waals surface area contributed by atoms with Gasteiger partial charge < -0.3 is 19.5 Å². The van der Waals surface area contributed by atoms with E-state index in [4.69, 9.17) is 19.2 Å². The molecule has 6 nitrogen and oxygen atoms in total. The van der Waals surface area contributed by atoms with Crippen LogP contribution in [0.1, 0.15) is 12.5 Å². The van der Waals surface area contributed by atoms with Gasteiger partial charge in [-0.25, -0.2) is 4.98 Å². The van der Waals surface area contributed by atoms with Gasteiger partial charge in [0.1, 0.15) is 24.0 Å². The van der Waals surface area contributed by atoms with Crippen molar-refractivity contribution >= 4 is 34.3 Å². The molecule has 1 aliphatic rings. The van der Waals surface area contributed by atoms with Crippen LogP contribution in [0.25, 0.3) is 10.9 Å². The molecule has 0 saturated carbocycles. The van der Waals surface area contributed by atoms with Crippen LogP contribution < -0.4 is 19.5 Å². The number of benzene rings is 2. The number of amides is 1. The summed E-state index contributed by atoms with van der Waals surface area (Å²) in [6.07, 6.45) is 0. The second-order valence-corrected chi connectivity index (χ2v) is 7.56. The van der Waals surface area contributed by atoms with Gasteiger partial charge in [-0.15, -0.1) is 0 Å². The minimum absolute atomic E-state index is 0.0975.